The van der Waals surface area contributed by atoms with Gasteiger partial charge in [0.2, 0.25) is 11.4 Å². The lowest BCUT2D eigenvalue weighted by Crippen LogP contribution is -2.34. The van der Waals surface area contributed by atoms with Crippen LogP contribution in [-0.2, 0) is 11.2 Å². The molecule has 1 aromatic heterocycles. The number of benzene rings is 1. The highest BCUT2D eigenvalue weighted by atomic mass is 32.1. The van der Waals surface area contributed by atoms with Crippen molar-refractivity contribution in [3.05, 3.63) is 28.4 Å². The van der Waals surface area contributed by atoms with Gasteiger partial charge in [-0.25, -0.2) is 0 Å². The number of methoxy groups -OCH3 is 1. The number of ether oxygens (including phenoxy) is 1. The van der Waals surface area contributed by atoms with E-state index in [1.165, 1.54) is 11.3 Å². The highest BCUT2D eigenvalue weighted by molar-refractivity contribution is 7.18. The minimum Gasteiger partial charge on any atom is -0.617 e. The van der Waals surface area contributed by atoms with Crippen molar-refractivity contribution >= 4 is 27.5 Å². The third-order valence-electron chi connectivity index (χ3n) is 3.00. The molecule has 1 amide bonds. The molecule has 0 spiro atoms. The van der Waals surface area contributed by atoms with Crippen LogP contribution in [-0.4, -0.2) is 19.6 Å². The number of nitrogens with zero attached hydrogens (tertiary/aromatic N) is 1. The van der Waals surface area contributed by atoms with E-state index in [1.54, 1.807) is 19.2 Å². The van der Waals surface area contributed by atoms with Gasteiger partial charge in [-0.05, 0) is 6.07 Å². The van der Waals surface area contributed by atoms with Gasteiger partial charge in [0.1, 0.15) is 10.4 Å². The van der Waals surface area contributed by atoms with Crippen LogP contribution in [0.4, 0.5) is 0 Å². The van der Waals surface area contributed by atoms with Gasteiger partial charge < -0.3 is 15.3 Å². The average molecular weight is 294 g/mol. The van der Waals surface area contributed by atoms with Crippen LogP contribution in [0, 0.1) is 11.1 Å². The van der Waals surface area contributed by atoms with E-state index in [9.17, 15) is 10.0 Å². The highest BCUT2D eigenvalue weighted by Crippen LogP contribution is 2.24. The number of thiazole rings is 1. The normalized spacial score (nSPS) is 11.0. The van der Waals surface area contributed by atoms with Crippen molar-refractivity contribution in [2.24, 2.45) is 5.92 Å². The largest absolute Gasteiger partial charge is 0.617 e. The first-order chi connectivity index (χ1) is 9.52. The third kappa shape index (κ3) is 3.01. The van der Waals surface area contributed by atoms with E-state index >= 15 is 0 Å². The molecule has 0 radical (unpaired) electrons. The second-order valence-corrected chi connectivity index (χ2v) is 5.93. The molecule has 1 N–H and O–H groups in total. The summed E-state index contributed by atoms with van der Waals surface area (Å²) < 4.78 is 6.97. The molecule has 2 rings (SSSR count). The maximum absolute atomic E-state index is 12.1. The van der Waals surface area contributed by atoms with E-state index in [-0.39, 0.29) is 11.8 Å². The lowest BCUT2D eigenvalue weighted by Gasteiger charge is -2.05. The first kappa shape index (κ1) is 14.6. The number of aromatic nitrogens is 1. The molecular weight excluding hydrogens is 276 g/mol. The molecule has 6 heteroatoms. The predicted molar refractivity (Wildman–Crippen MR) is 78.9 cm³/mol. The van der Waals surface area contributed by atoms with Gasteiger partial charge in [0.25, 0.3) is 5.01 Å². The molecule has 0 bridgehead atoms. The Bertz CT molecular complexity index is 622. The number of carbonyl (C=O) groups excluding carboxylic acids is 1. The van der Waals surface area contributed by atoms with Gasteiger partial charge >= 0.3 is 0 Å². The van der Waals surface area contributed by atoms with Crippen LogP contribution in [0.5, 0.6) is 5.75 Å². The van der Waals surface area contributed by atoms with Crippen molar-refractivity contribution in [3.8, 4) is 5.75 Å². The molecule has 5 nitrogen and oxygen atoms in total. The van der Waals surface area contributed by atoms with Gasteiger partial charge in [-0.1, -0.05) is 25.2 Å². The quantitative estimate of drug-likeness (QED) is 0.676. The highest BCUT2D eigenvalue weighted by Gasteiger charge is 2.16. The number of hydrogen-bond acceptors (Lipinski definition) is 4. The zero-order valence-corrected chi connectivity index (χ0v) is 12.6. The minimum absolute atomic E-state index is 0.00484. The van der Waals surface area contributed by atoms with E-state index in [0.717, 1.165) is 15.2 Å². The van der Waals surface area contributed by atoms with Crippen LogP contribution < -0.4 is 14.8 Å². The predicted octanol–water partition coefficient (Wildman–Crippen LogP) is 1.86. The van der Waals surface area contributed by atoms with E-state index in [0.29, 0.717) is 23.5 Å². The van der Waals surface area contributed by atoms with Crippen LogP contribution in [0.3, 0.4) is 0 Å². The lowest BCUT2D eigenvalue weighted by atomic mass is 10.2. The van der Waals surface area contributed by atoms with E-state index in [2.05, 4.69) is 5.32 Å². The van der Waals surface area contributed by atoms with Gasteiger partial charge in [0, 0.05) is 24.6 Å². The summed E-state index contributed by atoms with van der Waals surface area (Å²) in [6, 6.07) is 5.38. The molecule has 0 aliphatic heterocycles. The number of hydrogen-bond donors (Lipinski definition) is 1. The van der Waals surface area contributed by atoms with Gasteiger partial charge in [-0.15, -0.1) is 0 Å². The smallest absolute Gasteiger partial charge is 0.251 e. The van der Waals surface area contributed by atoms with Crippen LogP contribution >= 0.6 is 11.3 Å². The molecule has 2 aromatic rings. The number of nitrogens with one attached hydrogen (secondary N) is 1. The van der Waals surface area contributed by atoms with E-state index in [4.69, 9.17) is 4.74 Å². The van der Waals surface area contributed by atoms with Crippen molar-refractivity contribution in [2.75, 3.05) is 13.7 Å². The summed E-state index contributed by atoms with van der Waals surface area (Å²) in [5, 5.41) is 15.6. The first-order valence-electron chi connectivity index (χ1n) is 6.49. The van der Waals surface area contributed by atoms with Gasteiger partial charge in [0.05, 0.1) is 13.5 Å². The van der Waals surface area contributed by atoms with Crippen LogP contribution in [0.25, 0.3) is 10.2 Å². The van der Waals surface area contributed by atoms with E-state index < -0.39 is 0 Å². The van der Waals surface area contributed by atoms with Crippen LogP contribution in [0.2, 0.25) is 0 Å². The molecular formula is C14H18N2O3S. The molecule has 108 valence electrons. The Morgan fingerprint density at radius 1 is 1.50 bits per heavy atom. The summed E-state index contributed by atoms with van der Waals surface area (Å²) in [5.74, 6) is 0.699. The second-order valence-electron chi connectivity index (χ2n) is 4.82. The number of amides is 1. The molecule has 0 aliphatic carbocycles. The fourth-order valence-electron chi connectivity index (χ4n) is 1.82. The van der Waals surface area contributed by atoms with Gasteiger partial charge in [-0.2, -0.15) is 4.73 Å². The number of fused-ring (bicyclic) bond motifs is 1. The Kier molecular flexibility index (Phi) is 4.44. The van der Waals surface area contributed by atoms with Crippen molar-refractivity contribution in [1.82, 2.24) is 5.32 Å². The monoisotopic (exact) mass is 294 g/mol. The fourth-order valence-corrected chi connectivity index (χ4v) is 2.89. The summed E-state index contributed by atoms with van der Waals surface area (Å²) in [5.41, 5.74) is 0.640. The molecule has 0 saturated carbocycles. The maximum Gasteiger partial charge on any atom is 0.251 e. The third-order valence-corrected chi connectivity index (χ3v) is 4.16. The zero-order chi connectivity index (χ0) is 14.7. The Hall–Kier alpha value is -1.82. The Morgan fingerprint density at radius 2 is 2.25 bits per heavy atom. The minimum atomic E-state index is -0.0407. The fraction of sp³-hybridized carbons (Fsp3) is 0.429. The summed E-state index contributed by atoms with van der Waals surface area (Å²) >= 11 is 1.43. The molecule has 0 fully saturated rings. The van der Waals surface area contributed by atoms with Crippen molar-refractivity contribution < 1.29 is 14.3 Å². The van der Waals surface area contributed by atoms with Crippen LogP contribution in [0.1, 0.15) is 18.9 Å². The topological polar surface area (TPSA) is 65.3 Å². The SMILES string of the molecule is COc1ccc2c(c1)sc(CCNC(=O)C(C)C)[n+]2[O-]. The Balaban J connectivity index is 2.10. The molecule has 0 aliphatic rings. The zero-order valence-electron chi connectivity index (χ0n) is 11.8. The summed E-state index contributed by atoms with van der Waals surface area (Å²) in [7, 11) is 1.60. The average Bonchev–Trinajstić information content (AvgIpc) is 2.74. The Morgan fingerprint density at radius 3 is 2.90 bits per heavy atom. The molecule has 0 atom stereocenters. The molecule has 0 saturated heterocycles. The Labute approximate surface area is 121 Å². The van der Waals surface area contributed by atoms with Crippen molar-refractivity contribution in [2.45, 2.75) is 20.3 Å². The van der Waals surface area contributed by atoms with Crippen molar-refractivity contribution in [1.29, 1.82) is 0 Å². The lowest BCUT2D eigenvalue weighted by molar-refractivity contribution is -0.580. The summed E-state index contributed by atoms with van der Waals surface area (Å²) in [6.07, 6.45) is 0.531. The summed E-state index contributed by atoms with van der Waals surface area (Å²) in [4.78, 5) is 11.5. The molecule has 20 heavy (non-hydrogen) atoms. The van der Waals surface area contributed by atoms with Gasteiger partial charge in [-0.3, -0.25) is 4.79 Å². The summed E-state index contributed by atoms with van der Waals surface area (Å²) in [6.45, 7) is 4.16. The molecule has 1 heterocycles. The first-order valence-corrected chi connectivity index (χ1v) is 7.31. The van der Waals surface area contributed by atoms with Gasteiger partial charge in [0.15, 0.2) is 0 Å². The van der Waals surface area contributed by atoms with Crippen molar-refractivity contribution in [3.63, 3.8) is 0 Å². The molecule has 0 unspecified atom stereocenters. The standard InChI is InChI=1S/C14H18N2O3S/c1-9(2)14(17)15-7-6-13-16(18)11-5-4-10(19-3)8-12(11)20-13/h4-5,8-9H,6-7H2,1-3H3,(H,15,17). The van der Waals surface area contributed by atoms with E-state index in [1.807, 2.05) is 19.9 Å². The molecule has 1 aromatic carbocycles. The van der Waals surface area contributed by atoms with Crippen LogP contribution in [0.15, 0.2) is 18.2 Å². The maximum atomic E-state index is 12.1. The number of carbonyl (C=O) groups is 1. The second kappa shape index (κ2) is 6.09. The number of rotatable bonds is 5.